The molecule has 0 bridgehead atoms. The summed E-state index contributed by atoms with van der Waals surface area (Å²) < 4.78 is 1.88. The monoisotopic (exact) mass is 326 g/mol. The molecule has 4 rings (SSSR count). The molecule has 24 heavy (non-hydrogen) atoms. The van der Waals surface area contributed by atoms with Crippen LogP contribution in [-0.4, -0.2) is 68.6 Å². The van der Waals surface area contributed by atoms with Gasteiger partial charge in [0.05, 0.1) is 6.10 Å². The molecule has 7 nitrogen and oxygen atoms in total. The Bertz CT molecular complexity index is 791. The van der Waals surface area contributed by atoms with E-state index in [0.29, 0.717) is 6.42 Å². The maximum atomic E-state index is 10.5. The van der Waals surface area contributed by atoms with Gasteiger partial charge in [-0.15, -0.1) is 10.2 Å². The summed E-state index contributed by atoms with van der Waals surface area (Å²) >= 11 is 0. The van der Waals surface area contributed by atoms with Crippen molar-refractivity contribution in [1.82, 2.24) is 30.0 Å². The molecule has 3 aromatic rings. The molecule has 1 saturated heterocycles. The average Bonchev–Trinajstić information content (AvgIpc) is 3.26. The third-order valence-electron chi connectivity index (χ3n) is 4.60. The van der Waals surface area contributed by atoms with E-state index < -0.39 is 0 Å². The molecular weight excluding hydrogens is 304 g/mol. The highest BCUT2D eigenvalue weighted by Gasteiger charge is 2.16. The number of β-amino-alcohol motifs (C(OH)–C–C–N with tert-alkyl or cyclic N) is 1. The van der Waals surface area contributed by atoms with Crippen molar-refractivity contribution in [3.63, 3.8) is 0 Å². The van der Waals surface area contributed by atoms with E-state index in [-0.39, 0.29) is 6.10 Å². The zero-order valence-corrected chi connectivity index (χ0v) is 13.5. The first-order chi connectivity index (χ1) is 11.8. The van der Waals surface area contributed by atoms with Crippen molar-refractivity contribution in [2.24, 2.45) is 0 Å². The number of piperazine rings is 1. The number of nitrogens with one attached hydrogen (secondary N) is 2. The molecular formula is C17H22N6O. The van der Waals surface area contributed by atoms with Gasteiger partial charge in [0.1, 0.15) is 12.7 Å². The van der Waals surface area contributed by atoms with Crippen LogP contribution in [0.1, 0.15) is 5.56 Å². The Morgan fingerprint density at radius 3 is 2.75 bits per heavy atom. The molecule has 0 spiro atoms. The summed E-state index contributed by atoms with van der Waals surface area (Å²) in [5.41, 5.74) is 3.24. The molecule has 0 radical (unpaired) electrons. The van der Waals surface area contributed by atoms with E-state index in [1.807, 2.05) is 16.8 Å². The van der Waals surface area contributed by atoms with Gasteiger partial charge in [0.25, 0.3) is 0 Å². The van der Waals surface area contributed by atoms with Crippen molar-refractivity contribution in [3.05, 3.63) is 42.6 Å². The second kappa shape index (κ2) is 6.72. The Balaban J connectivity index is 1.52. The van der Waals surface area contributed by atoms with Gasteiger partial charge < -0.3 is 15.4 Å². The molecule has 1 aliphatic rings. The standard InChI is InChI=1S/C17H22N6O/c24-15(10-22-5-3-18-4-6-22)7-13-9-19-17-2-1-14(8-16(13)17)23-11-20-21-12-23/h1-2,8-9,11-12,15,18-19,24H,3-7,10H2. The van der Waals surface area contributed by atoms with Crippen LogP contribution in [0.15, 0.2) is 37.1 Å². The molecule has 0 amide bonds. The molecule has 0 aliphatic carbocycles. The fourth-order valence-electron chi connectivity index (χ4n) is 3.34. The Morgan fingerprint density at radius 1 is 1.17 bits per heavy atom. The topological polar surface area (TPSA) is 82.0 Å². The quantitative estimate of drug-likeness (QED) is 0.638. The summed E-state index contributed by atoms with van der Waals surface area (Å²) in [7, 11) is 0. The summed E-state index contributed by atoms with van der Waals surface area (Å²) in [6, 6.07) is 6.20. The number of hydrogen-bond acceptors (Lipinski definition) is 5. The van der Waals surface area contributed by atoms with Crippen molar-refractivity contribution >= 4 is 10.9 Å². The molecule has 2 aromatic heterocycles. The van der Waals surface area contributed by atoms with Crippen LogP contribution in [-0.2, 0) is 6.42 Å². The Hall–Kier alpha value is -2.22. The van der Waals surface area contributed by atoms with Gasteiger partial charge >= 0.3 is 0 Å². The maximum Gasteiger partial charge on any atom is 0.123 e. The van der Waals surface area contributed by atoms with Crippen molar-refractivity contribution in [2.45, 2.75) is 12.5 Å². The Labute approximate surface area is 140 Å². The van der Waals surface area contributed by atoms with Gasteiger partial charge in [0.15, 0.2) is 0 Å². The molecule has 1 aliphatic heterocycles. The molecule has 1 atom stereocenters. The van der Waals surface area contributed by atoms with Gasteiger partial charge in [-0.1, -0.05) is 0 Å². The number of aromatic amines is 1. The first-order valence-corrected chi connectivity index (χ1v) is 8.36. The molecule has 1 unspecified atom stereocenters. The smallest absolute Gasteiger partial charge is 0.123 e. The summed E-state index contributed by atoms with van der Waals surface area (Å²) in [6.45, 7) is 4.73. The Kier molecular flexibility index (Phi) is 4.29. The number of aliphatic hydroxyl groups excluding tert-OH is 1. The van der Waals surface area contributed by atoms with Gasteiger partial charge in [-0.3, -0.25) is 9.47 Å². The normalized spacial score (nSPS) is 17.4. The van der Waals surface area contributed by atoms with E-state index in [4.69, 9.17) is 0 Å². The first-order valence-electron chi connectivity index (χ1n) is 8.36. The van der Waals surface area contributed by atoms with Crippen molar-refractivity contribution in [1.29, 1.82) is 0 Å². The van der Waals surface area contributed by atoms with E-state index in [1.54, 1.807) is 12.7 Å². The van der Waals surface area contributed by atoms with Gasteiger partial charge in [0.2, 0.25) is 0 Å². The number of nitrogens with zero attached hydrogens (tertiary/aromatic N) is 4. The zero-order chi connectivity index (χ0) is 16.4. The highest BCUT2D eigenvalue weighted by Crippen LogP contribution is 2.23. The molecule has 1 aromatic carbocycles. The molecule has 3 N–H and O–H groups in total. The summed E-state index contributed by atoms with van der Waals surface area (Å²) in [5.74, 6) is 0. The van der Waals surface area contributed by atoms with E-state index in [0.717, 1.165) is 54.9 Å². The number of H-pyrrole nitrogens is 1. The third kappa shape index (κ3) is 3.19. The molecule has 7 heteroatoms. The van der Waals surface area contributed by atoms with E-state index in [2.05, 4.69) is 37.5 Å². The van der Waals surface area contributed by atoms with Gasteiger partial charge in [-0.25, -0.2) is 0 Å². The lowest BCUT2D eigenvalue weighted by molar-refractivity contribution is 0.105. The third-order valence-corrected chi connectivity index (χ3v) is 4.60. The number of rotatable bonds is 5. The maximum absolute atomic E-state index is 10.5. The number of hydrogen-bond donors (Lipinski definition) is 3. The van der Waals surface area contributed by atoms with Crippen LogP contribution in [0.5, 0.6) is 0 Å². The lowest BCUT2D eigenvalue weighted by Gasteiger charge is -2.29. The van der Waals surface area contributed by atoms with Gasteiger partial charge in [-0.2, -0.15) is 0 Å². The molecule has 0 saturated carbocycles. The minimum Gasteiger partial charge on any atom is -0.391 e. The second-order valence-electron chi connectivity index (χ2n) is 6.32. The molecule has 126 valence electrons. The molecule has 3 heterocycles. The highest BCUT2D eigenvalue weighted by atomic mass is 16.3. The van der Waals surface area contributed by atoms with E-state index >= 15 is 0 Å². The van der Waals surface area contributed by atoms with Crippen LogP contribution in [0, 0.1) is 0 Å². The van der Waals surface area contributed by atoms with Crippen LogP contribution in [0.25, 0.3) is 16.6 Å². The minimum absolute atomic E-state index is 0.360. The predicted octanol–water partition coefficient (Wildman–Crippen LogP) is 0.557. The van der Waals surface area contributed by atoms with Crippen LogP contribution < -0.4 is 5.32 Å². The lowest BCUT2D eigenvalue weighted by Crippen LogP contribution is -2.46. The largest absolute Gasteiger partial charge is 0.391 e. The van der Waals surface area contributed by atoms with Crippen LogP contribution in [0.3, 0.4) is 0 Å². The van der Waals surface area contributed by atoms with E-state index in [1.165, 1.54) is 0 Å². The zero-order valence-electron chi connectivity index (χ0n) is 13.5. The SMILES string of the molecule is OC(Cc1c[nH]c2ccc(-n3cnnc3)cc12)CN1CCNCC1. The fraction of sp³-hybridized carbons (Fsp3) is 0.412. The minimum atomic E-state index is -0.360. The predicted molar refractivity (Wildman–Crippen MR) is 92.2 cm³/mol. The Morgan fingerprint density at radius 2 is 1.96 bits per heavy atom. The van der Waals surface area contributed by atoms with Crippen LogP contribution >= 0.6 is 0 Å². The number of fused-ring (bicyclic) bond motifs is 1. The van der Waals surface area contributed by atoms with Crippen molar-refractivity contribution in [2.75, 3.05) is 32.7 Å². The van der Waals surface area contributed by atoms with Gasteiger partial charge in [0, 0.05) is 61.9 Å². The molecule has 1 fully saturated rings. The van der Waals surface area contributed by atoms with Gasteiger partial charge in [-0.05, 0) is 23.8 Å². The summed E-state index contributed by atoms with van der Waals surface area (Å²) in [5, 5.41) is 22.7. The van der Waals surface area contributed by atoms with E-state index in [9.17, 15) is 5.11 Å². The summed E-state index contributed by atoms with van der Waals surface area (Å²) in [6.07, 6.45) is 5.66. The van der Waals surface area contributed by atoms with Crippen LogP contribution in [0.4, 0.5) is 0 Å². The number of benzene rings is 1. The first kappa shape index (κ1) is 15.3. The number of aromatic nitrogens is 4. The fourth-order valence-corrected chi connectivity index (χ4v) is 3.34. The van der Waals surface area contributed by atoms with Crippen LogP contribution in [0.2, 0.25) is 0 Å². The average molecular weight is 326 g/mol. The number of aliphatic hydroxyl groups is 1. The van der Waals surface area contributed by atoms with Crippen molar-refractivity contribution in [3.8, 4) is 5.69 Å². The second-order valence-corrected chi connectivity index (χ2v) is 6.32. The van der Waals surface area contributed by atoms with Crippen molar-refractivity contribution < 1.29 is 5.11 Å². The lowest BCUT2D eigenvalue weighted by atomic mass is 10.1. The summed E-state index contributed by atoms with van der Waals surface area (Å²) in [4.78, 5) is 5.61. The highest BCUT2D eigenvalue weighted by molar-refractivity contribution is 5.85.